The van der Waals surface area contributed by atoms with Gasteiger partial charge in [0.05, 0.1) is 6.10 Å². The molecule has 0 spiro atoms. The first kappa shape index (κ1) is 12.4. The summed E-state index contributed by atoms with van der Waals surface area (Å²) in [6.07, 6.45) is 1.05. The van der Waals surface area contributed by atoms with Crippen molar-refractivity contribution < 1.29 is 5.11 Å². The zero-order valence-electron chi connectivity index (χ0n) is 10.9. The molecule has 0 saturated carbocycles. The monoisotopic (exact) mass is 267 g/mol. The minimum absolute atomic E-state index is 0.526. The summed E-state index contributed by atoms with van der Waals surface area (Å²) in [6.45, 7) is 1.70. The molecule has 2 aromatic heterocycles. The van der Waals surface area contributed by atoms with Gasteiger partial charge in [0.1, 0.15) is 0 Å². The zero-order valence-corrected chi connectivity index (χ0v) is 10.9. The quantitative estimate of drug-likeness (QED) is 0.782. The molecule has 6 nitrogen and oxygen atoms in total. The largest absolute Gasteiger partial charge is 0.389 e. The van der Waals surface area contributed by atoms with Crippen LogP contribution < -0.4 is 0 Å². The van der Waals surface area contributed by atoms with E-state index in [4.69, 9.17) is 0 Å². The number of nitrogens with zero attached hydrogens (tertiary/aromatic N) is 5. The Morgan fingerprint density at radius 2 is 1.95 bits per heavy atom. The lowest BCUT2D eigenvalue weighted by Gasteiger charge is -2.05. The number of hydrogen-bond acceptors (Lipinski definition) is 5. The van der Waals surface area contributed by atoms with Gasteiger partial charge < -0.3 is 5.11 Å². The Labute approximate surface area is 115 Å². The first-order valence-electron chi connectivity index (χ1n) is 6.24. The summed E-state index contributed by atoms with van der Waals surface area (Å²) in [5.74, 6) is 1.06. The van der Waals surface area contributed by atoms with Gasteiger partial charge in [-0.1, -0.05) is 30.3 Å². The van der Waals surface area contributed by atoms with Crippen LogP contribution in [0.5, 0.6) is 0 Å². The van der Waals surface area contributed by atoms with E-state index in [1.165, 1.54) is 4.80 Å². The summed E-state index contributed by atoms with van der Waals surface area (Å²) in [5.41, 5.74) is 1.65. The molecular formula is C14H13N5O. The van der Waals surface area contributed by atoms with Crippen LogP contribution in [-0.4, -0.2) is 30.3 Å². The van der Waals surface area contributed by atoms with Crippen molar-refractivity contribution in [3.8, 4) is 17.2 Å². The predicted molar refractivity (Wildman–Crippen MR) is 73.0 cm³/mol. The third kappa shape index (κ3) is 2.41. The lowest BCUT2D eigenvalue weighted by molar-refractivity contribution is 0.199. The minimum atomic E-state index is -0.561. The zero-order chi connectivity index (χ0) is 13.9. The fourth-order valence-corrected chi connectivity index (χ4v) is 1.82. The second-order valence-corrected chi connectivity index (χ2v) is 4.39. The highest BCUT2D eigenvalue weighted by atomic mass is 16.3. The van der Waals surface area contributed by atoms with Gasteiger partial charge in [-0.2, -0.15) is 0 Å². The van der Waals surface area contributed by atoms with Gasteiger partial charge in [0.2, 0.25) is 5.82 Å². The number of rotatable bonds is 3. The number of tetrazole rings is 1. The standard InChI is InChI=1S/C14H13N5O/c1-10(20)12-7-8-15-13(9-12)19-17-14(16-18-19)11-5-3-2-4-6-11/h2-10,20H,1H3/t10-/m0/s1. The Kier molecular flexibility index (Phi) is 3.22. The van der Waals surface area contributed by atoms with Crippen molar-refractivity contribution in [2.24, 2.45) is 0 Å². The van der Waals surface area contributed by atoms with Crippen molar-refractivity contribution >= 4 is 0 Å². The number of aliphatic hydroxyl groups excluding tert-OH is 1. The molecule has 0 aliphatic heterocycles. The van der Waals surface area contributed by atoms with Crippen molar-refractivity contribution in [2.75, 3.05) is 0 Å². The van der Waals surface area contributed by atoms with Gasteiger partial charge in [-0.25, -0.2) is 4.98 Å². The van der Waals surface area contributed by atoms with Gasteiger partial charge in [0, 0.05) is 11.8 Å². The highest BCUT2D eigenvalue weighted by Gasteiger charge is 2.09. The third-order valence-electron chi connectivity index (χ3n) is 2.90. The number of aliphatic hydroxyl groups is 1. The average molecular weight is 267 g/mol. The van der Waals surface area contributed by atoms with E-state index < -0.39 is 6.10 Å². The molecule has 6 heteroatoms. The maximum Gasteiger partial charge on any atom is 0.205 e. The fraction of sp³-hybridized carbons (Fsp3) is 0.143. The van der Waals surface area contributed by atoms with Crippen LogP contribution in [0.15, 0.2) is 48.7 Å². The van der Waals surface area contributed by atoms with Crippen molar-refractivity contribution in [3.63, 3.8) is 0 Å². The number of hydrogen-bond donors (Lipinski definition) is 1. The second-order valence-electron chi connectivity index (χ2n) is 4.39. The molecule has 0 radical (unpaired) electrons. The van der Waals surface area contributed by atoms with Gasteiger partial charge in [0.15, 0.2) is 5.82 Å². The highest BCUT2D eigenvalue weighted by Crippen LogP contribution is 2.15. The normalized spacial score (nSPS) is 12.3. The Morgan fingerprint density at radius 3 is 2.70 bits per heavy atom. The lowest BCUT2D eigenvalue weighted by atomic mass is 10.2. The van der Waals surface area contributed by atoms with Crippen LogP contribution in [0.4, 0.5) is 0 Å². The van der Waals surface area contributed by atoms with E-state index in [2.05, 4.69) is 20.4 Å². The molecule has 0 fully saturated rings. The SMILES string of the molecule is C[C@H](O)c1ccnc(-n2nnc(-c3ccccc3)n2)c1. The maximum absolute atomic E-state index is 9.58. The molecule has 0 aliphatic carbocycles. The Balaban J connectivity index is 1.96. The molecular weight excluding hydrogens is 254 g/mol. The van der Waals surface area contributed by atoms with E-state index in [1.807, 2.05) is 30.3 Å². The summed E-state index contributed by atoms with van der Waals surface area (Å²) < 4.78 is 0. The van der Waals surface area contributed by atoms with Crippen LogP contribution >= 0.6 is 0 Å². The molecule has 3 rings (SSSR count). The molecule has 20 heavy (non-hydrogen) atoms. The van der Waals surface area contributed by atoms with Crippen molar-refractivity contribution in [3.05, 3.63) is 54.2 Å². The van der Waals surface area contributed by atoms with Crippen LogP contribution in [0, 0.1) is 0 Å². The molecule has 0 aliphatic rings. The summed E-state index contributed by atoms with van der Waals surface area (Å²) in [7, 11) is 0. The number of aromatic nitrogens is 5. The van der Waals surface area contributed by atoms with Crippen LogP contribution in [0.25, 0.3) is 17.2 Å². The smallest absolute Gasteiger partial charge is 0.205 e. The molecule has 1 atom stereocenters. The fourth-order valence-electron chi connectivity index (χ4n) is 1.82. The molecule has 1 aromatic carbocycles. The van der Waals surface area contributed by atoms with Crippen LogP contribution in [0.3, 0.4) is 0 Å². The summed E-state index contributed by atoms with van der Waals surface area (Å²) >= 11 is 0. The van der Waals surface area contributed by atoms with E-state index in [1.54, 1.807) is 25.3 Å². The van der Waals surface area contributed by atoms with Gasteiger partial charge in [-0.15, -0.1) is 15.0 Å². The third-order valence-corrected chi connectivity index (χ3v) is 2.90. The van der Waals surface area contributed by atoms with Crippen molar-refractivity contribution in [2.45, 2.75) is 13.0 Å². The van der Waals surface area contributed by atoms with Crippen LogP contribution in [0.1, 0.15) is 18.6 Å². The van der Waals surface area contributed by atoms with Crippen molar-refractivity contribution in [1.29, 1.82) is 0 Å². The van der Waals surface area contributed by atoms with E-state index in [9.17, 15) is 5.11 Å². The van der Waals surface area contributed by atoms with E-state index in [0.717, 1.165) is 11.1 Å². The minimum Gasteiger partial charge on any atom is -0.389 e. The molecule has 0 amide bonds. The van der Waals surface area contributed by atoms with Crippen LogP contribution in [0.2, 0.25) is 0 Å². The Hall–Kier alpha value is -2.60. The number of benzene rings is 1. The first-order chi connectivity index (χ1) is 9.74. The van der Waals surface area contributed by atoms with Crippen molar-refractivity contribution in [1.82, 2.24) is 25.2 Å². The Bertz CT molecular complexity index is 708. The summed E-state index contributed by atoms with van der Waals surface area (Å²) in [5, 5.41) is 21.9. The van der Waals surface area contributed by atoms with Gasteiger partial charge in [-0.3, -0.25) is 0 Å². The van der Waals surface area contributed by atoms with E-state index in [-0.39, 0.29) is 0 Å². The summed E-state index contributed by atoms with van der Waals surface area (Å²) in [4.78, 5) is 5.54. The topological polar surface area (TPSA) is 76.7 Å². The number of pyridine rings is 1. The highest BCUT2D eigenvalue weighted by molar-refractivity contribution is 5.53. The first-order valence-corrected chi connectivity index (χ1v) is 6.24. The van der Waals surface area contributed by atoms with E-state index in [0.29, 0.717) is 11.6 Å². The molecule has 1 N–H and O–H groups in total. The molecule has 2 heterocycles. The second kappa shape index (κ2) is 5.18. The molecule has 0 bridgehead atoms. The maximum atomic E-state index is 9.58. The van der Waals surface area contributed by atoms with Crippen LogP contribution in [-0.2, 0) is 0 Å². The average Bonchev–Trinajstić information content (AvgIpc) is 2.98. The molecule has 3 aromatic rings. The van der Waals surface area contributed by atoms with E-state index >= 15 is 0 Å². The Morgan fingerprint density at radius 1 is 1.15 bits per heavy atom. The summed E-state index contributed by atoms with van der Waals surface area (Å²) in [6, 6.07) is 13.1. The molecule has 100 valence electrons. The lowest BCUT2D eigenvalue weighted by Crippen LogP contribution is -2.03. The predicted octanol–water partition coefficient (Wildman–Crippen LogP) is 1.78. The van der Waals surface area contributed by atoms with Gasteiger partial charge >= 0.3 is 0 Å². The van der Waals surface area contributed by atoms with Gasteiger partial charge in [0.25, 0.3) is 0 Å². The molecule has 0 saturated heterocycles. The van der Waals surface area contributed by atoms with Gasteiger partial charge in [-0.05, 0) is 29.8 Å². The molecule has 0 unspecified atom stereocenters.